The molecule has 1 aromatic carbocycles. The number of aromatic nitrogens is 1. The van der Waals surface area contributed by atoms with Crippen LogP contribution in [0.5, 0.6) is 0 Å². The summed E-state index contributed by atoms with van der Waals surface area (Å²) in [5.74, 6) is -0.529. The molecular formula is C18H24N2O4S. The van der Waals surface area contributed by atoms with Crippen LogP contribution in [0.25, 0.3) is 0 Å². The average Bonchev–Trinajstić information content (AvgIpc) is 2.74. The molecule has 1 heterocycles. The van der Waals surface area contributed by atoms with Crippen molar-refractivity contribution in [2.24, 2.45) is 7.05 Å². The molecule has 0 spiro atoms. The zero-order chi connectivity index (χ0) is 18.9. The van der Waals surface area contributed by atoms with Gasteiger partial charge in [-0.2, -0.15) is 0 Å². The smallest absolute Gasteiger partial charge is 0.355 e. The van der Waals surface area contributed by atoms with E-state index in [0.717, 1.165) is 11.1 Å². The van der Waals surface area contributed by atoms with Gasteiger partial charge >= 0.3 is 5.97 Å². The van der Waals surface area contributed by atoms with Crippen molar-refractivity contribution < 1.29 is 17.9 Å². The molecule has 0 aliphatic rings. The normalized spacial score (nSPS) is 11.4. The van der Waals surface area contributed by atoms with Crippen LogP contribution in [-0.2, 0) is 21.8 Å². The van der Waals surface area contributed by atoms with Gasteiger partial charge in [-0.1, -0.05) is 18.2 Å². The molecule has 136 valence electrons. The molecule has 0 radical (unpaired) electrons. The Labute approximate surface area is 148 Å². The van der Waals surface area contributed by atoms with Crippen molar-refractivity contribution in [1.29, 1.82) is 0 Å². The molecule has 2 rings (SSSR count). The standard InChI is InChI=1S/C18H24N2O4S/c1-7-24-18(21)16-13(4)17(14(5)20(16)6)25(22,23)19-15-11(2)9-8-10-12(15)3/h8-10,19H,7H2,1-6H3. The maximum absolute atomic E-state index is 13.0. The lowest BCUT2D eigenvalue weighted by Gasteiger charge is -2.14. The number of rotatable bonds is 5. The number of carbonyl (C=O) groups excluding carboxylic acids is 1. The fourth-order valence-corrected chi connectivity index (χ4v) is 4.72. The summed E-state index contributed by atoms with van der Waals surface area (Å²) in [7, 11) is -2.19. The number of hydrogen-bond acceptors (Lipinski definition) is 4. The van der Waals surface area contributed by atoms with E-state index < -0.39 is 16.0 Å². The molecule has 0 aliphatic heterocycles. The van der Waals surface area contributed by atoms with Gasteiger partial charge in [0.25, 0.3) is 10.0 Å². The van der Waals surface area contributed by atoms with E-state index >= 15 is 0 Å². The van der Waals surface area contributed by atoms with Gasteiger partial charge in [0.1, 0.15) is 10.6 Å². The number of ether oxygens (including phenoxy) is 1. The molecular weight excluding hydrogens is 340 g/mol. The summed E-state index contributed by atoms with van der Waals surface area (Å²) in [6, 6.07) is 5.57. The molecule has 6 nitrogen and oxygen atoms in total. The van der Waals surface area contributed by atoms with Gasteiger partial charge in [0.15, 0.2) is 0 Å². The van der Waals surface area contributed by atoms with Crippen molar-refractivity contribution in [3.8, 4) is 0 Å². The summed E-state index contributed by atoms with van der Waals surface area (Å²) >= 11 is 0. The van der Waals surface area contributed by atoms with Crippen molar-refractivity contribution in [1.82, 2.24) is 4.57 Å². The molecule has 0 atom stereocenters. The van der Waals surface area contributed by atoms with Crippen LogP contribution in [0.15, 0.2) is 23.1 Å². The second-order valence-electron chi connectivity index (χ2n) is 6.04. The maximum Gasteiger partial charge on any atom is 0.355 e. The van der Waals surface area contributed by atoms with Crippen LogP contribution >= 0.6 is 0 Å². The average molecular weight is 364 g/mol. The number of anilines is 1. The van der Waals surface area contributed by atoms with E-state index in [1.807, 2.05) is 32.0 Å². The SMILES string of the molecule is CCOC(=O)c1c(C)c(S(=O)(=O)Nc2c(C)cccc2C)c(C)n1C. The van der Waals surface area contributed by atoms with Crippen molar-refractivity contribution in [3.63, 3.8) is 0 Å². The Morgan fingerprint density at radius 2 is 1.72 bits per heavy atom. The van der Waals surface area contributed by atoms with Crippen molar-refractivity contribution in [2.45, 2.75) is 39.5 Å². The molecule has 0 aliphatic carbocycles. The first-order valence-electron chi connectivity index (χ1n) is 8.03. The summed E-state index contributed by atoms with van der Waals surface area (Å²) in [4.78, 5) is 12.3. The molecule has 7 heteroatoms. The molecule has 25 heavy (non-hydrogen) atoms. The molecule has 1 N–H and O–H groups in total. The Balaban J connectivity index is 2.58. The number of hydrogen-bond donors (Lipinski definition) is 1. The monoisotopic (exact) mass is 364 g/mol. The summed E-state index contributed by atoms with van der Waals surface area (Å²) in [5.41, 5.74) is 3.35. The third-order valence-electron chi connectivity index (χ3n) is 4.32. The summed E-state index contributed by atoms with van der Waals surface area (Å²) in [5, 5.41) is 0. The van der Waals surface area contributed by atoms with Gasteiger partial charge in [-0.05, 0) is 45.7 Å². The molecule has 2 aromatic rings. The van der Waals surface area contributed by atoms with Gasteiger partial charge in [0.05, 0.1) is 12.3 Å². The highest BCUT2D eigenvalue weighted by Gasteiger charge is 2.30. The number of esters is 1. The van der Waals surface area contributed by atoms with Gasteiger partial charge in [0.2, 0.25) is 0 Å². The highest BCUT2D eigenvalue weighted by molar-refractivity contribution is 7.92. The number of carbonyl (C=O) groups is 1. The van der Waals surface area contributed by atoms with Gasteiger partial charge in [0, 0.05) is 18.3 Å². The predicted octanol–water partition coefficient (Wildman–Crippen LogP) is 3.24. The Morgan fingerprint density at radius 3 is 2.24 bits per heavy atom. The largest absolute Gasteiger partial charge is 0.461 e. The van der Waals surface area contributed by atoms with E-state index in [1.54, 1.807) is 32.4 Å². The van der Waals surface area contributed by atoms with Crippen LogP contribution < -0.4 is 4.72 Å². The lowest BCUT2D eigenvalue weighted by Crippen LogP contribution is -2.16. The van der Waals surface area contributed by atoms with Crippen LogP contribution in [0, 0.1) is 27.7 Å². The minimum absolute atomic E-state index is 0.112. The first-order chi connectivity index (χ1) is 11.6. The first kappa shape index (κ1) is 19.1. The number of sulfonamides is 1. The zero-order valence-corrected chi connectivity index (χ0v) is 16.2. The number of para-hydroxylation sites is 1. The van der Waals surface area contributed by atoms with Crippen LogP contribution in [0.4, 0.5) is 5.69 Å². The fraction of sp³-hybridized carbons (Fsp3) is 0.389. The van der Waals surface area contributed by atoms with E-state index in [4.69, 9.17) is 4.74 Å². The minimum atomic E-state index is -3.85. The highest BCUT2D eigenvalue weighted by Crippen LogP contribution is 2.30. The molecule has 0 amide bonds. The van der Waals surface area contributed by atoms with Gasteiger partial charge in [-0.15, -0.1) is 0 Å². The summed E-state index contributed by atoms with van der Waals surface area (Å²) in [6.07, 6.45) is 0. The third kappa shape index (κ3) is 3.42. The Morgan fingerprint density at radius 1 is 1.16 bits per heavy atom. The quantitative estimate of drug-likeness (QED) is 0.826. The predicted molar refractivity (Wildman–Crippen MR) is 97.6 cm³/mol. The van der Waals surface area contributed by atoms with Gasteiger partial charge in [-0.3, -0.25) is 4.72 Å². The zero-order valence-electron chi connectivity index (χ0n) is 15.4. The molecule has 0 bridgehead atoms. The van der Waals surface area contributed by atoms with E-state index in [2.05, 4.69) is 4.72 Å². The molecule has 0 saturated heterocycles. The van der Waals surface area contributed by atoms with Gasteiger partial charge in [-0.25, -0.2) is 13.2 Å². The third-order valence-corrected chi connectivity index (χ3v) is 5.93. The highest BCUT2D eigenvalue weighted by atomic mass is 32.2. The second kappa shape index (κ2) is 6.92. The lowest BCUT2D eigenvalue weighted by molar-refractivity contribution is 0.0514. The number of benzene rings is 1. The topological polar surface area (TPSA) is 77.4 Å². The second-order valence-corrected chi connectivity index (χ2v) is 7.66. The fourth-order valence-electron chi connectivity index (χ4n) is 3.00. The van der Waals surface area contributed by atoms with E-state index in [9.17, 15) is 13.2 Å². The number of aryl methyl sites for hydroxylation is 2. The van der Waals surface area contributed by atoms with Crippen LogP contribution in [0.3, 0.4) is 0 Å². The van der Waals surface area contributed by atoms with Crippen LogP contribution in [-0.4, -0.2) is 25.6 Å². The molecule has 0 unspecified atom stereocenters. The van der Waals surface area contributed by atoms with E-state index in [1.165, 1.54) is 0 Å². The van der Waals surface area contributed by atoms with Crippen LogP contribution in [0.2, 0.25) is 0 Å². The van der Waals surface area contributed by atoms with Crippen LogP contribution in [0.1, 0.15) is 39.8 Å². The lowest BCUT2D eigenvalue weighted by atomic mass is 10.1. The first-order valence-corrected chi connectivity index (χ1v) is 9.52. The molecule has 0 fully saturated rings. The molecule has 1 aromatic heterocycles. The Kier molecular flexibility index (Phi) is 5.27. The Bertz CT molecular complexity index is 907. The Hall–Kier alpha value is -2.28. The van der Waals surface area contributed by atoms with Crippen molar-refractivity contribution >= 4 is 21.7 Å². The summed E-state index contributed by atoms with van der Waals surface area (Å²) in [6.45, 7) is 8.93. The number of nitrogens with one attached hydrogen (secondary N) is 1. The minimum Gasteiger partial charge on any atom is -0.461 e. The number of nitrogens with zero attached hydrogens (tertiary/aromatic N) is 1. The van der Waals surface area contributed by atoms with Crippen molar-refractivity contribution in [2.75, 3.05) is 11.3 Å². The summed E-state index contributed by atoms with van der Waals surface area (Å²) < 4.78 is 35.3. The van der Waals surface area contributed by atoms with Gasteiger partial charge < -0.3 is 9.30 Å². The van der Waals surface area contributed by atoms with E-state index in [0.29, 0.717) is 16.9 Å². The molecule has 0 saturated carbocycles. The maximum atomic E-state index is 13.0. The van der Waals surface area contributed by atoms with E-state index in [-0.39, 0.29) is 17.2 Å². The van der Waals surface area contributed by atoms with Crippen molar-refractivity contribution in [3.05, 3.63) is 46.3 Å².